The van der Waals surface area contributed by atoms with Crippen LogP contribution in [0.1, 0.15) is 19.4 Å². The van der Waals surface area contributed by atoms with E-state index < -0.39 is 11.8 Å². The Morgan fingerprint density at radius 1 is 1.25 bits per heavy atom. The molecule has 2 rings (SSSR count). The monoisotopic (exact) mass is 277 g/mol. The van der Waals surface area contributed by atoms with Crippen LogP contribution in [0.2, 0.25) is 0 Å². The summed E-state index contributed by atoms with van der Waals surface area (Å²) in [6.07, 6.45) is 1.42. The molecular weight excluding hydrogens is 262 g/mol. The Hall–Kier alpha value is -2.57. The topological polar surface area (TPSA) is 89.0 Å². The fourth-order valence-electron chi connectivity index (χ4n) is 1.54. The molecule has 1 aliphatic heterocycles. The molecule has 0 unspecified atom stereocenters. The minimum atomic E-state index is -0.810. The van der Waals surface area contributed by atoms with E-state index in [2.05, 4.69) is 15.8 Å². The van der Waals surface area contributed by atoms with Gasteiger partial charge in [0, 0.05) is 6.04 Å². The third kappa shape index (κ3) is 3.47. The van der Waals surface area contributed by atoms with Gasteiger partial charge in [-0.3, -0.25) is 9.59 Å². The minimum Gasteiger partial charge on any atom is -0.454 e. The molecule has 0 spiro atoms. The van der Waals surface area contributed by atoms with Crippen molar-refractivity contribution in [3.05, 3.63) is 23.8 Å². The normalized spacial score (nSPS) is 12.8. The molecule has 1 aliphatic rings. The van der Waals surface area contributed by atoms with E-state index in [0.717, 1.165) is 5.56 Å². The Bertz CT molecular complexity index is 555. The van der Waals surface area contributed by atoms with Crippen LogP contribution in [0.15, 0.2) is 23.3 Å². The van der Waals surface area contributed by atoms with Crippen LogP contribution in [0, 0.1) is 0 Å². The molecular formula is C13H15N3O4. The van der Waals surface area contributed by atoms with E-state index in [-0.39, 0.29) is 12.8 Å². The second kappa shape index (κ2) is 6.05. The Kier molecular flexibility index (Phi) is 4.19. The molecule has 2 N–H and O–H groups in total. The van der Waals surface area contributed by atoms with Crippen LogP contribution in [0.25, 0.3) is 0 Å². The van der Waals surface area contributed by atoms with E-state index in [1.165, 1.54) is 6.21 Å². The van der Waals surface area contributed by atoms with Crippen LogP contribution in [0.4, 0.5) is 0 Å². The SMILES string of the molecule is CC(C)NC(=O)C(=O)N/N=C\c1ccc2c(c1)OCO2. The lowest BCUT2D eigenvalue weighted by atomic mass is 10.2. The molecule has 0 fully saturated rings. The number of fused-ring (bicyclic) bond motifs is 1. The summed E-state index contributed by atoms with van der Waals surface area (Å²) in [6, 6.07) is 5.13. The van der Waals surface area contributed by atoms with Crippen LogP contribution in [-0.2, 0) is 9.59 Å². The Labute approximate surface area is 115 Å². The minimum absolute atomic E-state index is 0.105. The maximum atomic E-state index is 11.4. The summed E-state index contributed by atoms with van der Waals surface area (Å²) in [4.78, 5) is 22.7. The lowest BCUT2D eigenvalue weighted by molar-refractivity contribution is -0.139. The van der Waals surface area contributed by atoms with Gasteiger partial charge in [0.05, 0.1) is 6.21 Å². The number of hydrogen-bond donors (Lipinski definition) is 2. The number of carbonyl (C=O) groups excluding carboxylic acids is 2. The van der Waals surface area contributed by atoms with Gasteiger partial charge >= 0.3 is 11.8 Å². The van der Waals surface area contributed by atoms with Crippen molar-refractivity contribution < 1.29 is 19.1 Å². The quantitative estimate of drug-likeness (QED) is 0.475. The van der Waals surface area contributed by atoms with Crippen LogP contribution < -0.4 is 20.2 Å². The summed E-state index contributed by atoms with van der Waals surface area (Å²) < 4.78 is 10.4. The van der Waals surface area contributed by atoms with E-state index in [1.807, 2.05) is 0 Å². The summed E-state index contributed by atoms with van der Waals surface area (Å²) in [5, 5.41) is 6.18. The summed E-state index contributed by atoms with van der Waals surface area (Å²) in [7, 11) is 0. The van der Waals surface area contributed by atoms with Crippen LogP contribution in [0.3, 0.4) is 0 Å². The molecule has 0 saturated heterocycles. The predicted octanol–water partition coefficient (Wildman–Crippen LogP) is 0.390. The number of ether oxygens (including phenoxy) is 2. The van der Waals surface area contributed by atoms with Gasteiger partial charge in [-0.1, -0.05) is 0 Å². The molecule has 0 aromatic heterocycles. The molecule has 1 heterocycles. The molecule has 7 nitrogen and oxygen atoms in total. The predicted molar refractivity (Wildman–Crippen MR) is 71.6 cm³/mol. The van der Waals surface area contributed by atoms with Crippen LogP contribution in [-0.4, -0.2) is 30.9 Å². The average molecular weight is 277 g/mol. The van der Waals surface area contributed by atoms with Crippen LogP contribution in [0.5, 0.6) is 11.5 Å². The van der Waals surface area contributed by atoms with Crippen molar-refractivity contribution >= 4 is 18.0 Å². The molecule has 0 bridgehead atoms. The van der Waals surface area contributed by atoms with Crippen molar-refractivity contribution in [1.82, 2.24) is 10.7 Å². The maximum Gasteiger partial charge on any atom is 0.329 e. The number of hydrogen-bond acceptors (Lipinski definition) is 5. The van der Waals surface area contributed by atoms with Gasteiger partial charge in [0.15, 0.2) is 11.5 Å². The van der Waals surface area contributed by atoms with Gasteiger partial charge in [0.25, 0.3) is 0 Å². The van der Waals surface area contributed by atoms with E-state index in [4.69, 9.17) is 9.47 Å². The van der Waals surface area contributed by atoms with Gasteiger partial charge in [0.1, 0.15) is 0 Å². The van der Waals surface area contributed by atoms with Gasteiger partial charge in [-0.25, -0.2) is 5.43 Å². The lowest BCUT2D eigenvalue weighted by Gasteiger charge is -2.06. The van der Waals surface area contributed by atoms with Crippen molar-refractivity contribution in [3.8, 4) is 11.5 Å². The number of hydrazone groups is 1. The number of nitrogens with one attached hydrogen (secondary N) is 2. The van der Waals surface area contributed by atoms with Crippen molar-refractivity contribution in [1.29, 1.82) is 0 Å². The highest BCUT2D eigenvalue weighted by Gasteiger charge is 2.14. The van der Waals surface area contributed by atoms with Gasteiger partial charge < -0.3 is 14.8 Å². The number of amides is 2. The summed E-state index contributed by atoms with van der Waals surface area (Å²) in [5.74, 6) is -0.237. The second-order valence-corrected chi connectivity index (χ2v) is 4.44. The first-order valence-corrected chi connectivity index (χ1v) is 6.10. The first-order valence-electron chi connectivity index (χ1n) is 6.10. The highest BCUT2D eigenvalue weighted by molar-refractivity contribution is 6.35. The van der Waals surface area contributed by atoms with E-state index in [0.29, 0.717) is 11.5 Å². The molecule has 106 valence electrons. The first kappa shape index (κ1) is 13.9. The van der Waals surface area contributed by atoms with Gasteiger partial charge in [0.2, 0.25) is 6.79 Å². The van der Waals surface area contributed by atoms with Gasteiger partial charge in [-0.15, -0.1) is 0 Å². The molecule has 0 radical (unpaired) electrons. The molecule has 0 saturated carbocycles. The third-order valence-corrected chi connectivity index (χ3v) is 2.40. The van der Waals surface area contributed by atoms with Gasteiger partial charge in [-0.2, -0.15) is 5.10 Å². The summed E-state index contributed by atoms with van der Waals surface area (Å²) in [6.45, 7) is 3.73. The number of carbonyl (C=O) groups is 2. The smallest absolute Gasteiger partial charge is 0.329 e. The number of nitrogens with zero attached hydrogens (tertiary/aromatic N) is 1. The zero-order chi connectivity index (χ0) is 14.5. The number of rotatable bonds is 3. The molecule has 1 aromatic carbocycles. The van der Waals surface area contributed by atoms with Crippen molar-refractivity contribution in [2.75, 3.05) is 6.79 Å². The van der Waals surface area contributed by atoms with Gasteiger partial charge in [-0.05, 0) is 37.6 Å². The highest BCUT2D eigenvalue weighted by Crippen LogP contribution is 2.31. The van der Waals surface area contributed by atoms with Crippen molar-refractivity contribution in [2.24, 2.45) is 5.10 Å². The standard InChI is InChI=1S/C13H15N3O4/c1-8(2)15-12(17)13(18)16-14-6-9-3-4-10-11(5-9)20-7-19-10/h3-6,8H,7H2,1-2H3,(H,15,17)(H,16,18)/b14-6-. The largest absolute Gasteiger partial charge is 0.454 e. The zero-order valence-electron chi connectivity index (χ0n) is 11.2. The average Bonchev–Trinajstić information content (AvgIpc) is 2.85. The van der Waals surface area contributed by atoms with E-state index in [1.54, 1.807) is 32.0 Å². The maximum absolute atomic E-state index is 11.4. The molecule has 1 aromatic rings. The Balaban J connectivity index is 1.90. The number of benzene rings is 1. The molecule has 0 aliphatic carbocycles. The molecule has 20 heavy (non-hydrogen) atoms. The lowest BCUT2D eigenvalue weighted by Crippen LogP contribution is -2.41. The van der Waals surface area contributed by atoms with E-state index in [9.17, 15) is 9.59 Å². The fourth-order valence-corrected chi connectivity index (χ4v) is 1.54. The fraction of sp³-hybridized carbons (Fsp3) is 0.308. The highest BCUT2D eigenvalue weighted by atomic mass is 16.7. The third-order valence-electron chi connectivity index (χ3n) is 2.40. The molecule has 0 atom stereocenters. The zero-order valence-corrected chi connectivity index (χ0v) is 11.2. The summed E-state index contributed by atoms with van der Waals surface area (Å²) in [5.41, 5.74) is 2.87. The van der Waals surface area contributed by atoms with E-state index >= 15 is 0 Å². The van der Waals surface area contributed by atoms with Crippen LogP contribution >= 0.6 is 0 Å². The first-order chi connectivity index (χ1) is 9.56. The summed E-state index contributed by atoms with van der Waals surface area (Å²) >= 11 is 0. The Morgan fingerprint density at radius 3 is 2.75 bits per heavy atom. The molecule has 7 heteroatoms. The second-order valence-electron chi connectivity index (χ2n) is 4.44. The Morgan fingerprint density at radius 2 is 2.00 bits per heavy atom. The molecule has 2 amide bonds. The van der Waals surface area contributed by atoms with Crippen molar-refractivity contribution in [2.45, 2.75) is 19.9 Å². The van der Waals surface area contributed by atoms with Crippen molar-refractivity contribution in [3.63, 3.8) is 0 Å².